The first-order chi connectivity index (χ1) is 15.6. The Bertz CT molecular complexity index is 1010. The maximum Gasteiger partial charge on any atom is 0.408 e. The molecular weight excluding hydrogens is 424 g/mol. The molecule has 0 radical (unpaired) electrons. The lowest BCUT2D eigenvalue weighted by atomic mass is 9.93. The number of carbonyl (C=O) groups is 3. The van der Waals surface area contributed by atoms with Gasteiger partial charge in [0.25, 0.3) is 0 Å². The Hall–Kier alpha value is -3.39. The summed E-state index contributed by atoms with van der Waals surface area (Å²) in [4.78, 5) is 37.2. The number of amides is 2. The molecule has 0 heterocycles. The molecule has 1 aliphatic rings. The molecule has 8 heteroatoms. The number of alkyl carbamates (subject to hydrolysis) is 1. The van der Waals surface area contributed by atoms with Gasteiger partial charge in [-0.3, -0.25) is 4.79 Å². The van der Waals surface area contributed by atoms with Gasteiger partial charge in [-0.25, -0.2) is 9.59 Å². The molecule has 33 heavy (non-hydrogen) atoms. The van der Waals surface area contributed by atoms with Crippen molar-refractivity contribution in [2.24, 2.45) is 0 Å². The minimum absolute atomic E-state index is 0.0921. The first-order valence-electron chi connectivity index (χ1n) is 10.8. The van der Waals surface area contributed by atoms with Crippen molar-refractivity contribution in [1.29, 1.82) is 0 Å². The van der Waals surface area contributed by atoms with Crippen molar-refractivity contribution in [2.45, 2.75) is 44.2 Å². The van der Waals surface area contributed by atoms with Crippen molar-refractivity contribution in [3.8, 4) is 11.1 Å². The van der Waals surface area contributed by atoms with E-state index in [0.29, 0.717) is 0 Å². The molecule has 1 unspecified atom stereocenters. The molecule has 2 amide bonds. The van der Waals surface area contributed by atoms with E-state index in [1.807, 2.05) is 48.5 Å². The van der Waals surface area contributed by atoms with Gasteiger partial charge in [0.2, 0.25) is 5.91 Å². The van der Waals surface area contributed by atoms with Crippen LogP contribution < -0.4 is 10.6 Å². The van der Waals surface area contributed by atoms with E-state index in [4.69, 9.17) is 9.47 Å². The molecule has 0 aliphatic heterocycles. The second kappa shape index (κ2) is 9.62. The number of ether oxygens (including phenoxy) is 2. The van der Waals surface area contributed by atoms with E-state index in [1.165, 1.54) is 21.0 Å². The van der Waals surface area contributed by atoms with Crippen molar-refractivity contribution < 1.29 is 29.0 Å². The van der Waals surface area contributed by atoms with Crippen LogP contribution in [0.2, 0.25) is 0 Å². The molecule has 3 N–H and O–H groups in total. The molecule has 0 aromatic heterocycles. The van der Waals surface area contributed by atoms with Crippen molar-refractivity contribution in [3.05, 3.63) is 59.7 Å². The number of carboxylic acids is 1. The zero-order valence-electron chi connectivity index (χ0n) is 19.3. The molecule has 0 saturated carbocycles. The Morgan fingerprint density at radius 1 is 0.970 bits per heavy atom. The highest BCUT2D eigenvalue weighted by Gasteiger charge is 2.43. The summed E-state index contributed by atoms with van der Waals surface area (Å²) in [7, 11) is 1.40. The second-order valence-corrected chi connectivity index (χ2v) is 8.70. The smallest absolute Gasteiger partial charge is 0.408 e. The Kier molecular flexibility index (Phi) is 7.07. The van der Waals surface area contributed by atoms with E-state index < -0.39 is 29.0 Å². The average molecular weight is 455 g/mol. The first-order valence-corrected chi connectivity index (χ1v) is 10.8. The topological polar surface area (TPSA) is 114 Å². The van der Waals surface area contributed by atoms with E-state index in [9.17, 15) is 19.5 Å². The SMILES string of the molecule is CCC(COC)(NC(=O)OCC1c2ccccc2-c2ccccc21)C(=O)NC(C)(C)C(=O)O. The van der Waals surface area contributed by atoms with E-state index in [1.54, 1.807) is 6.92 Å². The highest BCUT2D eigenvalue weighted by atomic mass is 16.5. The molecule has 2 aromatic rings. The molecule has 176 valence electrons. The lowest BCUT2D eigenvalue weighted by Gasteiger charge is -2.34. The van der Waals surface area contributed by atoms with Crippen LogP contribution >= 0.6 is 0 Å². The third kappa shape index (κ3) is 4.85. The zero-order chi connectivity index (χ0) is 24.2. The Labute approximate surface area is 193 Å². The third-order valence-corrected chi connectivity index (χ3v) is 6.07. The number of rotatable bonds is 9. The first kappa shape index (κ1) is 24.3. The van der Waals surface area contributed by atoms with Crippen LogP contribution in [0, 0.1) is 0 Å². The average Bonchev–Trinajstić information content (AvgIpc) is 3.10. The molecule has 0 fully saturated rings. The summed E-state index contributed by atoms with van der Waals surface area (Å²) in [5.74, 6) is -1.98. The summed E-state index contributed by atoms with van der Waals surface area (Å²) < 4.78 is 10.8. The fourth-order valence-electron chi connectivity index (χ4n) is 4.04. The Morgan fingerprint density at radius 2 is 1.52 bits per heavy atom. The predicted molar refractivity (Wildman–Crippen MR) is 123 cm³/mol. The molecule has 1 aliphatic carbocycles. The molecule has 2 aromatic carbocycles. The molecular formula is C25H30N2O6. The zero-order valence-corrected chi connectivity index (χ0v) is 19.3. The lowest BCUT2D eigenvalue weighted by molar-refractivity contribution is -0.147. The highest BCUT2D eigenvalue weighted by molar-refractivity contribution is 5.94. The molecule has 1 atom stereocenters. The number of fused-ring (bicyclic) bond motifs is 3. The quantitative estimate of drug-likeness (QED) is 0.536. The maximum absolute atomic E-state index is 13.0. The summed E-state index contributed by atoms with van der Waals surface area (Å²) in [6.45, 7) is 4.39. The monoisotopic (exact) mass is 454 g/mol. The van der Waals surface area contributed by atoms with Crippen LogP contribution in [-0.2, 0) is 19.1 Å². The standard InChI is InChI=1S/C25H30N2O6/c1-5-25(15-32-4,21(28)26-24(2,3)22(29)30)27-23(31)33-14-20-18-12-8-6-10-16(18)17-11-7-9-13-19(17)20/h6-13,20H,5,14-15H2,1-4H3,(H,26,28)(H,27,31)(H,29,30). The van der Waals surface area contributed by atoms with Gasteiger partial charge in [-0.1, -0.05) is 55.5 Å². The van der Waals surface area contributed by atoms with Crippen LogP contribution in [0.25, 0.3) is 11.1 Å². The highest BCUT2D eigenvalue weighted by Crippen LogP contribution is 2.44. The number of hydrogen-bond donors (Lipinski definition) is 3. The fourth-order valence-corrected chi connectivity index (χ4v) is 4.04. The van der Waals surface area contributed by atoms with E-state index >= 15 is 0 Å². The summed E-state index contributed by atoms with van der Waals surface area (Å²) in [5, 5.41) is 14.4. The van der Waals surface area contributed by atoms with Gasteiger partial charge in [-0.05, 0) is 42.5 Å². The minimum atomic E-state index is -1.52. The van der Waals surface area contributed by atoms with Crippen molar-refractivity contribution in [1.82, 2.24) is 10.6 Å². The molecule has 0 bridgehead atoms. The number of methoxy groups -OCH3 is 1. The summed E-state index contributed by atoms with van der Waals surface area (Å²) in [6, 6.07) is 16.0. The van der Waals surface area contributed by atoms with E-state index in [2.05, 4.69) is 10.6 Å². The summed E-state index contributed by atoms with van der Waals surface area (Å²) in [6.07, 6.45) is -0.605. The van der Waals surface area contributed by atoms with Gasteiger partial charge >= 0.3 is 12.1 Å². The van der Waals surface area contributed by atoms with Gasteiger partial charge in [-0.2, -0.15) is 0 Å². The Morgan fingerprint density at radius 3 is 2.00 bits per heavy atom. The van der Waals surface area contributed by atoms with Gasteiger partial charge in [0.15, 0.2) is 0 Å². The van der Waals surface area contributed by atoms with Crippen molar-refractivity contribution in [2.75, 3.05) is 20.3 Å². The molecule has 0 spiro atoms. The Balaban J connectivity index is 1.75. The van der Waals surface area contributed by atoms with Crippen LogP contribution in [0.4, 0.5) is 4.79 Å². The van der Waals surface area contributed by atoms with Crippen LogP contribution in [-0.4, -0.2) is 54.5 Å². The van der Waals surface area contributed by atoms with Crippen molar-refractivity contribution in [3.63, 3.8) is 0 Å². The molecule has 0 saturated heterocycles. The molecule has 8 nitrogen and oxygen atoms in total. The number of carbonyl (C=O) groups excluding carboxylic acids is 2. The molecule has 3 rings (SSSR count). The minimum Gasteiger partial charge on any atom is -0.480 e. The van der Waals surface area contributed by atoms with Gasteiger partial charge in [-0.15, -0.1) is 0 Å². The van der Waals surface area contributed by atoms with Gasteiger partial charge in [0.05, 0.1) is 6.61 Å². The van der Waals surface area contributed by atoms with Gasteiger partial charge in [0, 0.05) is 13.0 Å². The largest absolute Gasteiger partial charge is 0.480 e. The van der Waals surface area contributed by atoms with Crippen molar-refractivity contribution >= 4 is 18.0 Å². The van der Waals surface area contributed by atoms with Crippen LogP contribution in [0.3, 0.4) is 0 Å². The van der Waals surface area contributed by atoms with E-state index in [-0.39, 0.29) is 25.6 Å². The van der Waals surface area contributed by atoms with E-state index in [0.717, 1.165) is 22.3 Å². The van der Waals surface area contributed by atoms with Crippen LogP contribution in [0.15, 0.2) is 48.5 Å². The third-order valence-electron chi connectivity index (χ3n) is 6.07. The number of carboxylic acid groups (broad SMARTS) is 1. The number of nitrogens with one attached hydrogen (secondary N) is 2. The lowest BCUT2D eigenvalue weighted by Crippen LogP contribution is -2.65. The summed E-state index contributed by atoms with van der Waals surface area (Å²) >= 11 is 0. The number of hydrogen-bond acceptors (Lipinski definition) is 5. The second-order valence-electron chi connectivity index (χ2n) is 8.70. The number of aliphatic carboxylic acids is 1. The fraction of sp³-hybridized carbons (Fsp3) is 0.400. The normalized spacial score (nSPS) is 14.5. The number of benzene rings is 2. The van der Waals surface area contributed by atoms with Crippen LogP contribution in [0.5, 0.6) is 0 Å². The summed E-state index contributed by atoms with van der Waals surface area (Å²) in [5.41, 5.74) is 1.37. The van der Waals surface area contributed by atoms with Gasteiger partial charge < -0.3 is 25.2 Å². The predicted octanol–water partition coefficient (Wildman–Crippen LogP) is 3.30. The maximum atomic E-state index is 13.0. The van der Waals surface area contributed by atoms with Gasteiger partial charge in [0.1, 0.15) is 17.7 Å². The van der Waals surface area contributed by atoms with Crippen LogP contribution in [0.1, 0.15) is 44.2 Å².